The van der Waals surface area contributed by atoms with E-state index in [1.807, 2.05) is 29.8 Å². The van der Waals surface area contributed by atoms with Crippen molar-refractivity contribution >= 4 is 17.0 Å². The van der Waals surface area contributed by atoms with E-state index in [1.54, 1.807) is 0 Å². The van der Waals surface area contributed by atoms with Crippen molar-refractivity contribution in [3.8, 4) is 0 Å². The van der Waals surface area contributed by atoms with Crippen LogP contribution in [0.2, 0.25) is 0 Å². The van der Waals surface area contributed by atoms with Crippen LogP contribution in [0, 0.1) is 6.92 Å². The third-order valence-electron chi connectivity index (χ3n) is 4.86. The molecule has 1 atom stereocenters. The third-order valence-corrected chi connectivity index (χ3v) is 5.85. The highest BCUT2D eigenvalue weighted by Gasteiger charge is 2.40. The van der Waals surface area contributed by atoms with E-state index >= 15 is 0 Å². The second-order valence-electron chi connectivity index (χ2n) is 6.94. The first-order valence-corrected chi connectivity index (χ1v) is 9.68. The van der Waals surface area contributed by atoms with Crippen molar-refractivity contribution in [2.24, 2.45) is 0 Å². The van der Waals surface area contributed by atoms with E-state index in [0.717, 1.165) is 51.6 Å². The molecule has 0 aliphatic carbocycles. The molecule has 0 radical (unpaired) electrons. The second kappa shape index (κ2) is 7.41. The van der Waals surface area contributed by atoms with Gasteiger partial charge in [-0.15, -0.1) is 11.3 Å². The molecule has 0 bridgehead atoms. The van der Waals surface area contributed by atoms with Crippen LogP contribution >= 0.6 is 11.3 Å². The number of aromatic nitrogens is 1. The molecule has 0 amide bonds. The van der Waals surface area contributed by atoms with Gasteiger partial charge >= 0.3 is 0 Å². The number of hydrogen-bond acceptors (Lipinski definition) is 6. The molecule has 2 fully saturated rings. The second-order valence-corrected chi connectivity index (χ2v) is 8.31. The molecule has 2 saturated heterocycles. The molecule has 4 heterocycles. The summed E-state index contributed by atoms with van der Waals surface area (Å²) in [6.45, 7) is 8.91. The molecular formula is C19H25N3O2S. The van der Waals surface area contributed by atoms with Crippen LogP contribution in [0.4, 0.5) is 5.69 Å². The number of morpholine rings is 1. The Balaban J connectivity index is 1.48. The van der Waals surface area contributed by atoms with Crippen LogP contribution in [0.3, 0.4) is 0 Å². The molecule has 2 aliphatic rings. The SMILES string of the molecule is Cc1ccc(CN2CCO[C@@]3(COCCN(c4cccnc4)C3)C2)s1. The molecular weight excluding hydrogens is 334 g/mol. The lowest BCUT2D eigenvalue weighted by Crippen LogP contribution is -2.58. The van der Waals surface area contributed by atoms with Crippen molar-refractivity contribution in [2.75, 3.05) is 50.9 Å². The summed E-state index contributed by atoms with van der Waals surface area (Å²) < 4.78 is 12.2. The summed E-state index contributed by atoms with van der Waals surface area (Å²) in [7, 11) is 0. The molecule has 5 nitrogen and oxygen atoms in total. The number of hydrogen-bond donors (Lipinski definition) is 0. The van der Waals surface area contributed by atoms with Gasteiger partial charge in [-0.05, 0) is 31.2 Å². The zero-order valence-corrected chi connectivity index (χ0v) is 15.5. The summed E-state index contributed by atoms with van der Waals surface area (Å²) >= 11 is 1.89. The first-order valence-electron chi connectivity index (χ1n) is 8.87. The normalized spacial score (nSPS) is 25.2. The summed E-state index contributed by atoms with van der Waals surface area (Å²) in [6, 6.07) is 8.55. The average Bonchev–Trinajstić information content (AvgIpc) is 2.92. The average molecular weight is 359 g/mol. The molecule has 4 rings (SSSR count). The van der Waals surface area contributed by atoms with Gasteiger partial charge in [0.05, 0.1) is 38.2 Å². The highest BCUT2D eigenvalue weighted by Crippen LogP contribution is 2.27. The minimum atomic E-state index is -0.267. The molecule has 0 saturated carbocycles. The zero-order valence-electron chi connectivity index (χ0n) is 14.7. The summed E-state index contributed by atoms with van der Waals surface area (Å²) in [5.41, 5.74) is 0.874. The van der Waals surface area contributed by atoms with Crippen LogP contribution in [-0.2, 0) is 16.0 Å². The summed E-state index contributed by atoms with van der Waals surface area (Å²) in [6.07, 6.45) is 3.74. The number of pyridine rings is 1. The van der Waals surface area contributed by atoms with Gasteiger partial charge < -0.3 is 14.4 Å². The highest BCUT2D eigenvalue weighted by molar-refractivity contribution is 7.11. The van der Waals surface area contributed by atoms with Crippen molar-refractivity contribution in [1.29, 1.82) is 0 Å². The monoisotopic (exact) mass is 359 g/mol. The van der Waals surface area contributed by atoms with Crippen molar-refractivity contribution in [2.45, 2.75) is 19.1 Å². The molecule has 2 aromatic rings. The first kappa shape index (κ1) is 17.0. The van der Waals surface area contributed by atoms with E-state index in [-0.39, 0.29) is 5.60 Å². The summed E-state index contributed by atoms with van der Waals surface area (Å²) in [5.74, 6) is 0. The van der Waals surface area contributed by atoms with E-state index in [9.17, 15) is 0 Å². The van der Waals surface area contributed by atoms with Crippen molar-refractivity contribution in [3.05, 3.63) is 46.4 Å². The molecule has 0 aromatic carbocycles. The van der Waals surface area contributed by atoms with Crippen LogP contribution in [0.25, 0.3) is 0 Å². The Morgan fingerprint density at radius 2 is 2.16 bits per heavy atom. The number of anilines is 1. The quantitative estimate of drug-likeness (QED) is 0.842. The van der Waals surface area contributed by atoms with Gasteiger partial charge in [0, 0.05) is 42.1 Å². The van der Waals surface area contributed by atoms with E-state index in [2.05, 4.69) is 39.9 Å². The highest BCUT2D eigenvalue weighted by atomic mass is 32.1. The maximum absolute atomic E-state index is 6.29. The Labute approximate surface area is 153 Å². The molecule has 2 aliphatic heterocycles. The lowest BCUT2D eigenvalue weighted by atomic mass is 10.0. The first-order chi connectivity index (χ1) is 12.2. The molecule has 6 heteroatoms. The molecule has 1 spiro atoms. The predicted octanol–water partition coefficient (Wildman–Crippen LogP) is 2.56. The van der Waals surface area contributed by atoms with Gasteiger partial charge in [-0.1, -0.05) is 0 Å². The smallest absolute Gasteiger partial charge is 0.121 e. The number of nitrogens with zero attached hydrogens (tertiary/aromatic N) is 3. The fourth-order valence-electron chi connectivity index (χ4n) is 3.70. The van der Waals surface area contributed by atoms with E-state index < -0.39 is 0 Å². The molecule has 134 valence electrons. The Kier molecular flexibility index (Phi) is 5.03. The van der Waals surface area contributed by atoms with E-state index in [0.29, 0.717) is 6.61 Å². The van der Waals surface area contributed by atoms with Gasteiger partial charge in [-0.2, -0.15) is 0 Å². The van der Waals surface area contributed by atoms with E-state index in [4.69, 9.17) is 9.47 Å². The third kappa shape index (κ3) is 4.03. The molecule has 25 heavy (non-hydrogen) atoms. The van der Waals surface area contributed by atoms with Crippen LogP contribution in [-0.4, -0.2) is 61.5 Å². The lowest BCUT2D eigenvalue weighted by Gasteiger charge is -2.43. The number of ether oxygens (including phenoxy) is 2. The van der Waals surface area contributed by atoms with Crippen molar-refractivity contribution in [1.82, 2.24) is 9.88 Å². The van der Waals surface area contributed by atoms with Gasteiger partial charge in [0.15, 0.2) is 0 Å². The fraction of sp³-hybridized carbons (Fsp3) is 0.526. The summed E-state index contributed by atoms with van der Waals surface area (Å²) in [5, 5.41) is 0. The molecule has 2 aromatic heterocycles. The molecule has 0 unspecified atom stereocenters. The van der Waals surface area contributed by atoms with Crippen LogP contribution in [0.15, 0.2) is 36.7 Å². The standard InChI is InChI=1S/C19H25N3O2S/c1-16-4-5-18(25-16)12-21-7-10-24-19(13-21)14-22(8-9-23-15-19)17-3-2-6-20-11-17/h2-6,11H,7-10,12-15H2,1H3/t19-/m0/s1. The maximum atomic E-state index is 6.29. The van der Waals surface area contributed by atoms with Gasteiger partial charge in [-0.3, -0.25) is 9.88 Å². The Bertz CT molecular complexity index is 693. The van der Waals surface area contributed by atoms with Gasteiger partial charge in [-0.25, -0.2) is 0 Å². The predicted molar refractivity (Wildman–Crippen MR) is 100 cm³/mol. The minimum absolute atomic E-state index is 0.267. The van der Waals surface area contributed by atoms with Crippen LogP contribution in [0.5, 0.6) is 0 Å². The topological polar surface area (TPSA) is 37.8 Å². The van der Waals surface area contributed by atoms with Crippen LogP contribution < -0.4 is 4.90 Å². The fourth-order valence-corrected chi connectivity index (χ4v) is 4.63. The van der Waals surface area contributed by atoms with Gasteiger partial charge in [0.25, 0.3) is 0 Å². The Morgan fingerprint density at radius 1 is 1.20 bits per heavy atom. The molecule has 0 N–H and O–H groups in total. The number of aryl methyl sites for hydroxylation is 1. The Morgan fingerprint density at radius 3 is 2.96 bits per heavy atom. The zero-order chi connectivity index (χ0) is 17.1. The minimum Gasteiger partial charge on any atom is -0.376 e. The van der Waals surface area contributed by atoms with Gasteiger partial charge in [0.2, 0.25) is 0 Å². The number of thiophene rings is 1. The van der Waals surface area contributed by atoms with E-state index in [1.165, 1.54) is 9.75 Å². The Hall–Kier alpha value is -1.47. The van der Waals surface area contributed by atoms with Gasteiger partial charge in [0.1, 0.15) is 5.60 Å². The number of rotatable bonds is 3. The lowest BCUT2D eigenvalue weighted by molar-refractivity contribution is -0.134. The van der Waals surface area contributed by atoms with Crippen LogP contribution in [0.1, 0.15) is 9.75 Å². The largest absolute Gasteiger partial charge is 0.376 e. The van der Waals surface area contributed by atoms with Crippen molar-refractivity contribution < 1.29 is 9.47 Å². The van der Waals surface area contributed by atoms with Crippen molar-refractivity contribution in [3.63, 3.8) is 0 Å². The summed E-state index contributed by atoms with van der Waals surface area (Å²) in [4.78, 5) is 11.9. The maximum Gasteiger partial charge on any atom is 0.121 e.